The van der Waals surface area contributed by atoms with Crippen molar-refractivity contribution >= 4 is 0 Å². The third kappa shape index (κ3) is 9.05. The van der Waals surface area contributed by atoms with E-state index in [2.05, 4.69) is 6.92 Å². The van der Waals surface area contributed by atoms with Crippen LogP contribution in [0.2, 0.25) is 0 Å². The van der Waals surface area contributed by atoms with Crippen molar-refractivity contribution in [2.45, 2.75) is 90.3 Å². The lowest BCUT2D eigenvalue weighted by molar-refractivity contribution is -0.0441. The molecule has 1 fully saturated rings. The Kier molecular flexibility index (Phi) is 11.5. The van der Waals surface area contributed by atoms with E-state index in [1.807, 2.05) is 24.3 Å². The van der Waals surface area contributed by atoms with Gasteiger partial charge in [0.15, 0.2) is 6.29 Å². The quantitative estimate of drug-likeness (QED) is 0.321. The number of hydrogen-bond donors (Lipinski definition) is 0. The van der Waals surface area contributed by atoms with Gasteiger partial charge in [-0.2, -0.15) is 0 Å². The zero-order valence-electron chi connectivity index (χ0n) is 16.7. The van der Waals surface area contributed by atoms with Crippen molar-refractivity contribution in [1.82, 2.24) is 0 Å². The van der Waals surface area contributed by atoms with Crippen molar-refractivity contribution in [3.63, 3.8) is 0 Å². The Hall–Kier alpha value is -1.06. The van der Waals surface area contributed by atoms with E-state index >= 15 is 0 Å². The van der Waals surface area contributed by atoms with Crippen LogP contribution in [-0.4, -0.2) is 19.8 Å². The minimum Gasteiger partial charge on any atom is -0.494 e. The van der Waals surface area contributed by atoms with Crippen molar-refractivity contribution in [2.75, 3.05) is 19.8 Å². The van der Waals surface area contributed by atoms with Crippen LogP contribution < -0.4 is 4.74 Å². The first-order valence-corrected chi connectivity index (χ1v) is 10.9. The second-order valence-electron chi connectivity index (χ2n) is 7.38. The minimum atomic E-state index is -0.194. The van der Waals surface area contributed by atoms with Gasteiger partial charge in [-0.25, -0.2) is 0 Å². The average molecular weight is 363 g/mol. The molecule has 1 aromatic rings. The monoisotopic (exact) mass is 362 g/mol. The molecule has 0 aromatic heterocycles. The lowest BCUT2D eigenvalue weighted by Gasteiger charge is -2.11. The molecule has 1 aromatic carbocycles. The van der Waals surface area contributed by atoms with E-state index in [4.69, 9.17) is 14.2 Å². The van der Waals surface area contributed by atoms with E-state index in [1.165, 1.54) is 70.6 Å². The van der Waals surface area contributed by atoms with E-state index in [9.17, 15) is 0 Å². The van der Waals surface area contributed by atoms with Crippen LogP contribution in [0.1, 0.15) is 95.8 Å². The summed E-state index contributed by atoms with van der Waals surface area (Å²) in [4.78, 5) is 0. The largest absolute Gasteiger partial charge is 0.494 e. The molecule has 1 aliphatic rings. The molecule has 0 N–H and O–H groups in total. The van der Waals surface area contributed by atoms with E-state index < -0.39 is 0 Å². The topological polar surface area (TPSA) is 27.7 Å². The molecule has 1 aliphatic heterocycles. The van der Waals surface area contributed by atoms with Crippen molar-refractivity contribution in [3.05, 3.63) is 29.8 Å². The number of unbranched alkanes of at least 4 members (excludes halogenated alkanes) is 11. The van der Waals surface area contributed by atoms with Crippen LogP contribution in [0.25, 0.3) is 0 Å². The summed E-state index contributed by atoms with van der Waals surface area (Å²) in [5.41, 5.74) is 1.07. The first-order chi connectivity index (χ1) is 12.9. The number of hydrogen-bond acceptors (Lipinski definition) is 3. The average Bonchev–Trinajstić information content (AvgIpc) is 3.21. The Morgan fingerprint density at radius 3 is 1.77 bits per heavy atom. The Labute approximate surface area is 160 Å². The maximum Gasteiger partial charge on any atom is 0.184 e. The molecule has 1 heterocycles. The Morgan fingerprint density at radius 2 is 1.23 bits per heavy atom. The van der Waals surface area contributed by atoms with Gasteiger partial charge in [0.1, 0.15) is 5.75 Å². The molecule has 2 rings (SSSR count). The fourth-order valence-electron chi connectivity index (χ4n) is 3.41. The maximum absolute atomic E-state index is 5.83. The molecule has 0 amide bonds. The van der Waals surface area contributed by atoms with Gasteiger partial charge in [-0.3, -0.25) is 0 Å². The molecule has 0 atom stereocenters. The molecular weight excluding hydrogens is 324 g/mol. The summed E-state index contributed by atoms with van der Waals surface area (Å²) < 4.78 is 16.8. The van der Waals surface area contributed by atoms with Crippen LogP contribution in [0, 0.1) is 0 Å². The van der Waals surface area contributed by atoms with E-state index in [-0.39, 0.29) is 6.29 Å². The molecule has 3 heteroatoms. The molecule has 3 nitrogen and oxygen atoms in total. The number of benzene rings is 1. The summed E-state index contributed by atoms with van der Waals surface area (Å²) >= 11 is 0. The fraction of sp³-hybridized carbons (Fsp3) is 0.739. The highest BCUT2D eigenvalue weighted by Gasteiger charge is 2.17. The van der Waals surface area contributed by atoms with Gasteiger partial charge >= 0.3 is 0 Å². The zero-order valence-corrected chi connectivity index (χ0v) is 16.7. The lowest BCUT2D eigenvalue weighted by atomic mass is 10.1. The van der Waals surface area contributed by atoms with Crippen LogP contribution in [-0.2, 0) is 9.47 Å². The van der Waals surface area contributed by atoms with E-state index in [1.54, 1.807) is 0 Å². The predicted molar refractivity (Wildman–Crippen MR) is 108 cm³/mol. The highest BCUT2D eigenvalue weighted by molar-refractivity contribution is 5.28. The van der Waals surface area contributed by atoms with Crippen LogP contribution in [0.4, 0.5) is 0 Å². The summed E-state index contributed by atoms with van der Waals surface area (Å²) in [6, 6.07) is 8.10. The minimum absolute atomic E-state index is 0.194. The Bertz CT molecular complexity index is 437. The highest BCUT2D eigenvalue weighted by atomic mass is 16.7. The van der Waals surface area contributed by atoms with Crippen LogP contribution in [0.15, 0.2) is 24.3 Å². The smallest absolute Gasteiger partial charge is 0.184 e. The Morgan fingerprint density at radius 1 is 0.731 bits per heavy atom. The second-order valence-corrected chi connectivity index (χ2v) is 7.38. The molecule has 26 heavy (non-hydrogen) atoms. The summed E-state index contributed by atoms with van der Waals surface area (Å²) in [7, 11) is 0. The third-order valence-corrected chi connectivity index (χ3v) is 5.04. The van der Waals surface area contributed by atoms with Gasteiger partial charge in [0.2, 0.25) is 0 Å². The maximum atomic E-state index is 5.83. The SMILES string of the molecule is CCCCCCCCCCCCCCOc1ccc(C2OCCO2)cc1. The van der Waals surface area contributed by atoms with Gasteiger partial charge in [0.25, 0.3) is 0 Å². The Balaban J connectivity index is 1.39. The van der Waals surface area contributed by atoms with Crippen molar-refractivity contribution in [3.8, 4) is 5.75 Å². The van der Waals surface area contributed by atoms with Gasteiger partial charge in [-0.05, 0) is 18.6 Å². The lowest BCUT2D eigenvalue weighted by Crippen LogP contribution is -2.00. The molecule has 1 saturated heterocycles. The first-order valence-electron chi connectivity index (χ1n) is 10.9. The van der Waals surface area contributed by atoms with Crippen LogP contribution in [0.3, 0.4) is 0 Å². The fourth-order valence-corrected chi connectivity index (χ4v) is 3.41. The number of ether oxygens (including phenoxy) is 3. The van der Waals surface area contributed by atoms with E-state index in [0.29, 0.717) is 13.2 Å². The predicted octanol–water partition coefficient (Wildman–Crippen LogP) is 6.81. The summed E-state index contributed by atoms with van der Waals surface area (Å²) in [6.45, 7) is 4.46. The molecule has 0 saturated carbocycles. The summed E-state index contributed by atoms with van der Waals surface area (Å²) in [5, 5.41) is 0. The van der Waals surface area contributed by atoms with Crippen molar-refractivity contribution in [2.24, 2.45) is 0 Å². The van der Waals surface area contributed by atoms with Gasteiger partial charge in [-0.1, -0.05) is 89.7 Å². The standard InChI is InChI=1S/C23H38O3/c1-2-3-4-5-6-7-8-9-10-11-12-13-18-24-22-16-14-21(15-17-22)23-25-19-20-26-23/h14-17,23H,2-13,18-20H2,1H3. The van der Waals surface area contributed by atoms with Crippen LogP contribution in [0.5, 0.6) is 5.75 Å². The molecule has 0 bridgehead atoms. The molecule has 0 unspecified atom stereocenters. The summed E-state index contributed by atoms with van der Waals surface area (Å²) in [5.74, 6) is 0.940. The third-order valence-electron chi connectivity index (χ3n) is 5.04. The zero-order chi connectivity index (χ0) is 18.3. The molecule has 0 radical (unpaired) electrons. The summed E-state index contributed by atoms with van der Waals surface area (Å²) in [6.07, 6.45) is 16.3. The normalized spacial score (nSPS) is 14.8. The first kappa shape index (κ1) is 21.2. The van der Waals surface area contributed by atoms with Crippen molar-refractivity contribution in [1.29, 1.82) is 0 Å². The van der Waals surface area contributed by atoms with Crippen LogP contribution >= 0.6 is 0 Å². The van der Waals surface area contributed by atoms with Gasteiger partial charge < -0.3 is 14.2 Å². The second kappa shape index (κ2) is 14.1. The molecule has 0 spiro atoms. The number of rotatable bonds is 15. The van der Waals surface area contributed by atoms with Gasteiger partial charge in [-0.15, -0.1) is 0 Å². The van der Waals surface area contributed by atoms with Crippen molar-refractivity contribution < 1.29 is 14.2 Å². The van der Waals surface area contributed by atoms with Gasteiger partial charge in [0, 0.05) is 5.56 Å². The van der Waals surface area contributed by atoms with Gasteiger partial charge in [0.05, 0.1) is 19.8 Å². The molecular formula is C23H38O3. The van der Waals surface area contributed by atoms with E-state index in [0.717, 1.165) is 24.3 Å². The molecule has 148 valence electrons. The molecule has 0 aliphatic carbocycles. The highest BCUT2D eigenvalue weighted by Crippen LogP contribution is 2.25.